The molecular weight excluding hydrogens is 186 g/mol. The third kappa shape index (κ3) is 16.6. The molecule has 0 aliphatic rings. The highest BCUT2D eigenvalue weighted by molar-refractivity contribution is 4.41. The Morgan fingerprint density at radius 2 is 1.53 bits per heavy atom. The summed E-state index contributed by atoms with van der Waals surface area (Å²) in [5.74, 6) is 0.935. The first-order chi connectivity index (χ1) is 7.12. The summed E-state index contributed by atoms with van der Waals surface area (Å²) >= 11 is 0. The van der Waals surface area contributed by atoms with Crippen LogP contribution in [-0.2, 0) is 4.84 Å². The molecule has 0 aromatic carbocycles. The molecule has 0 aliphatic heterocycles. The Bertz CT molecular complexity index is 103. The van der Waals surface area contributed by atoms with E-state index >= 15 is 0 Å². The van der Waals surface area contributed by atoms with E-state index in [4.69, 9.17) is 4.84 Å². The zero-order valence-electron chi connectivity index (χ0n) is 11.7. The van der Waals surface area contributed by atoms with Gasteiger partial charge in [-0.3, -0.25) is 4.84 Å². The minimum Gasteiger partial charge on any atom is -0.299 e. The van der Waals surface area contributed by atoms with Gasteiger partial charge in [-0.25, -0.2) is 0 Å². The number of nitrogens with zero attached hydrogens (tertiary/aromatic N) is 1. The second kappa shape index (κ2) is 13.9. The molecule has 94 valence electrons. The molecule has 2 nitrogen and oxygen atoms in total. The quantitative estimate of drug-likeness (QED) is 0.595. The summed E-state index contributed by atoms with van der Waals surface area (Å²) in [5.41, 5.74) is 0. The van der Waals surface area contributed by atoms with Gasteiger partial charge >= 0.3 is 0 Å². The third-order valence-electron chi connectivity index (χ3n) is 2.45. The lowest BCUT2D eigenvalue weighted by Gasteiger charge is -2.13. The van der Waals surface area contributed by atoms with Gasteiger partial charge in [-0.05, 0) is 18.8 Å². The van der Waals surface area contributed by atoms with Gasteiger partial charge < -0.3 is 0 Å². The van der Waals surface area contributed by atoms with Crippen molar-refractivity contribution in [1.29, 1.82) is 0 Å². The average molecular weight is 217 g/mol. The summed E-state index contributed by atoms with van der Waals surface area (Å²) in [6.07, 6.45) is 4.90. The molecule has 0 aromatic rings. The van der Waals surface area contributed by atoms with Gasteiger partial charge in [-0.15, -0.1) is 0 Å². The highest BCUT2D eigenvalue weighted by atomic mass is 16.7. The molecule has 0 amide bonds. The van der Waals surface area contributed by atoms with Gasteiger partial charge in [0.15, 0.2) is 0 Å². The van der Waals surface area contributed by atoms with E-state index in [1.54, 1.807) is 0 Å². The van der Waals surface area contributed by atoms with Crippen LogP contribution in [0.1, 0.15) is 60.3 Å². The average Bonchev–Trinajstić information content (AvgIpc) is 2.26. The fraction of sp³-hybridized carbons (Fsp3) is 1.00. The van der Waals surface area contributed by atoms with Crippen molar-refractivity contribution in [2.24, 2.45) is 5.92 Å². The minimum atomic E-state index is 0.844. The second-order valence-corrected chi connectivity index (χ2v) is 4.11. The van der Waals surface area contributed by atoms with Crippen LogP contribution < -0.4 is 0 Å². The molecule has 0 aromatic heterocycles. The molecule has 0 heterocycles. The van der Waals surface area contributed by atoms with E-state index in [-0.39, 0.29) is 0 Å². The maximum atomic E-state index is 5.26. The van der Waals surface area contributed by atoms with Crippen molar-refractivity contribution in [3.63, 3.8) is 0 Å². The van der Waals surface area contributed by atoms with Crippen molar-refractivity contribution in [3.8, 4) is 0 Å². The summed E-state index contributed by atoms with van der Waals surface area (Å²) in [5, 5.41) is 1.89. The van der Waals surface area contributed by atoms with Crippen LogP contribution in [-0.4, -0.2) is 25.3 Å². The Kier molecular flexibility index (Phi) is 16.1. The Labute approximate surface area is 97.0 Å². The summed E-state index contributed by atoms with van der Waals surface area (Å²) < 4.78 is 0. The topological polar surface area (TPSA) is 12.5 Å². The van der Waals surface area contributed by atoms with E-state index in [0.717, 1.165) is 31.9 Å². The lowest BCUT2D eigenvalue weighted by atomic mass is 10.1. The summed E-state index contributed by atoms with van der Waals surface area (Å²) in [4.78, 5) is 5.26. The SMILES string of the molecule is CCC(C)CC.CCCON(C)CCC. The van der Waals surface area contributed by atoms with Crippen LogP contribution in [0.4, 0.5) is 0 Å². The van der Waals surface area contributed by atoms with E-state index in [9.17, 15) is 0 Å². The lowest BCUT2D eigenvalue weighted by Crippen LogP contribution is -2.19. The molecule has 0 fully saturated rings. The van der Waals surface area contributed by atoms with Crippen LogP contribution in [0.25, 0.3) is 0 Å². The fourth-order valence-electron chi connectivity index (χ4n) is 0.915. The van der Waals surface area contributed by atoms with Gasteiger partial charge in [-0.1, -0.05) is 47.5 Å². The molecule has 0 bridgehead atoms. The molecule has 15 heavy (non-hydrogen) atoms. The van der Waals surface area contributed by atoms with Gasteiger partial charge in [-0.2, -0.15) is 5.06 Å². The van der Waals surface area contributed by atoms with Crippen LogP contribution in [0, 0.1) is 5.92 Å². The maximum absolute atomic E-state index is 5.26. The van der Waals surface area contributed by atoms with Crippen LogP contribution in [0.2, 0.25) is 0 Å². The van der Waals surface area contributed by atoms with E-state index in [1.165, 1.54) is 12.8 Å². The zero-order valence-corrected chi connectivity index (χ0v) is 11.7. The first-order valence-electron chi connectivity index (χ1n) is 6.46. The second-order valence-electron chi connectivity index (χ2n) is 4.11. The van der Waals surface area contributed by atoms with Gasteiger partial charge in [0.1, 0.15) is 0 Å². The maximum Gasteiger partial charge on any atom is 0.0682 e. The van der Waals surface area contributed by atoms with E-state index in [2.05, 4.69) is 34.6 Å². The molecule has 0 aliphatic carbocycles. The van der Waals surface area contributed by atoms with Gasteiger partial charge in [0.2, 0.25) is 0 Å². The molecule has 0 rings (SSSR count). The zero-order chi connectivity index (χ0) is 12.1. The van der Waals surface area contributed by atoms with Crippen LogP contribution in [0.15, 0.2) is 0 Å². The lowest BCUT2D eigenvalue weighted by molar-refractivity contribution is -0.139. The van der Waals surface area contributed by atoms with Crippen molar-refractivity contribution < 1.29 is 4.84 Å². The summed E-state index contributed by atoms with van der Waals surface area (Å²) in [6.45, 7) is 12.9. The monoisotopic (exact) mass is 217 g/mol. The van der Waals surface area contributed by atoms with Crippen molar-refractivity contribution >= 4 is 0 Å². The molecule has 2 heteroatoms. The standard InChI is InChI=1S/C7H17NO.C6H14/c1-4-6-8(3)9-7-5-2;1-4-6(3)5-2/h4-7H2,1-3H3;6H,4-5H2,1-3H3. The van der Waals surface area contributed by atoms with Gasteiger partial charge in [0.25, 0.3) is 0 Å². The summed E-state index contributed by atoms with van der Waals surface area (Å²) in [7, 11) is 1.97. The third-order valence-corrected chi connectivity index (χ3v) is 2.45. The highest BCUT2D eigenvalue weighted by Gasteiger charge is 1.92. The predicted octanol–water partition coefficient (Wildman–Crippen LogP) is 4.11. The molecule has 0 saturated carbocycles. The molecule has 0 spiro atoms. The predicted molar refractivity (Wildman–Crippen MR) is 68.9 cm³/mol. The fourth-order valence-corrected chi connectivity index (χ4v) is 0.915. The molecule has 0 atom stereocenters. The largest absolute Gasteiger partial charge is 0.299 e. The van der Waals surface area contributed by atoms with Crippen LogP contribution >= 0.6 is 0 Å². The van der Waals surface area contributed by atoms with E-state index in [1.807, 2.05) is 12.1 Å². The van der Waals surface area contributed by atoms with Crippen molar-refractivity contribution in [1.82, 2.24) is 5.06 Å². The van der Waals surface area contributed by atoms with Crippen molar-refractivity contribution in [2.75, 3.05) is 20.2 Å². The number of hydrogen-bond acceptors (Lipinski definition) is 2. The summed E-state index contributed by atoms with van der Waals surface area (Å²) in [6, 6.07) is 0. The molecule has 0 N–H and O–H groups in total. The Morgan fingerprint density at radius 1 is 1.00 bits per heavy atom. The Hall–Kier alpha value is -0.0800. The Balaban J connectivity index is 0. The van der Waals surface area contributed by atoms with Gasteiger partial charge in [0.05, 0.1) is 6.61 Å². The number of hydrogen-bond donors (Lipinski definition) is 0. The van der Waals surface area contributed by atoms with Crippen molar-refractivity contribution in [2.45, 2.75) is 60.3 Å². The Morgan fingerprint density at radius 3 is 1.80 bits per heavy atom. The van der Waals surface area contributed by atoms with E-state index in [0.29, 0.717) is 0 Å². The highest BCUT2D eigenvalue weighted by Crippen LogP contribution is 2.02. The first-order valence-corrected chi connectivity index (χ1v) is 6.46. The van der Waals surface area contributed by atoms with E-state index < -0.39 is 0 Å². The van der Waals surface area contributed by atoms with Gasteiger partial charge in [0, 0.05) is 13.6 Å². The normalized spacial score (nSPS) is 10.4. The molecule has 0 radical (unpaired) electrons. The number of hydroxylamine groups is 2. The molecule has 0 unspecified atom stereocenters. The smallest absolute Gasteiger partial charge is 0.0682 e. The van der Waals surface area contributed by atoms with Crippen LogP contribution in [0.3, 0.4) is 0 Å². The minimum absolute atomic E-state index is 0.844. The first kappa shape index (κ1) is 17.3. The number of rotatable bonds is 7. The molecular formula is C13H31NO. The van der Waals surface area contributed by atoms with Crippen molar-refractivity contribution in [3.05, 3.63) is 0 Å². The molecule has 0 saturated heterocycles. The van der Waals surface area contributed by atoms with Crippen LogP contribution in [0.5, 0.6) is 0 Å².